The summed E-state index contributed by atoms with van der Waals surface area (Å²) in [6.45, 7) is 4.83. The largest absolute Gasteiger partial charge is 0.493 e. The highest BCUT2D eigenvalue weighted by molar-refractivity contribution is 5.78. The molecule has 134 valence electrons. The van der Waals surface area contributed by atoms with Gasteiger partial charge in [0.05, 0.1) is 20.8 Å². The summed E-state index contributed by atoms with van der Waals surface area (Å²) in [5, 5.41) is 3.17. The molecule has 1 aromatic carbocycles. The number of ether oxygens (including phenoxy) is 2. The average Bonchev–Trinajstić information content (AvgIpc) is 2.59. The van der Waals surface area contributed by atoms with Gasteiger partial charge in [0.1, 0.15) is 0 Å². The highest BCUT2D eigenvalue weighted by Gasteiger charge is 2.34. The number of hydrogen-bond donors (Lipinski definition) is 2. The van der Waals surface area contributed by atoms with E-state index >= 15 is 0 Å². The van der Waals surface area contributed by atoms with Crippen molar-refractivity contribution in [3.63, 3.8) is 0 Å². The van der Waals surface area contributed by atoms with Crippen LogP contribution in [0.1, 0.15) is 51.5 Å². The zero-order chi connectivity index (χ0) is 17.6. The molecule has 1 aromatic rings. The van der Waals surface area contributed by atoms with Gasteiger partial charge in [-0.15, -0.1) is 0 Å². The van der Waals surface area contributed by atoms with Crippen LogP contribution in [0, 0.1) is 0 Å². The van der Waals surface area contributed by atoms with Gasteiger partial charge in [-0.2, -0.15) is 0 Å². The van der Waals surface area contributed by atoms with Crippen molar-refractivity contribution in [3.05, 3.63) is 23.8 Å². The maximum absolute atomic E-state index is 6.02. The molecule has 0 amide bonds. The second-order valence-electron chi connectivity index (χ2n) is 6.91. The topological polar surface area (TPSA) is 68.9 Å². The monoisotopic (exact) mass is 333 g/mol. The second kappa shape index (κ2) is 8.27. The van der Waals surface area contributed by atoms with Gasteiger partial charge in [0.25, 0.3) is 0 Å². The molecule has 0 spiro atoms. The second-order valence-corrected chi connectivity index (χ2v) is 6.91. The molecule has 1 aliphatic carbocycles. The summed E-state index contributed by atoms with van der Waals surface area (Å²) in [6, 6.07) is 6.53. The standard InChI is InChI=1S/C19H31N3O2/c1-14(2)22-18(20)21-13-19(10-6-5-7-11-19)15-8-9-16(23-3)17(12-15)24-4/h8-9,12,14H,5-7,10-11,13H2,1-4H3,(H3,20,21,22). The number of guanidine groups is 1. The van der Waals surface area contributed by atoms with Gasteiger partial charge in [-0.05, 0) is 44.4 Å². The maximum atomic E-state index is 6.02. The lowest BCUT2D eigenvalue weighted by Gasteiger charge is -2.37. The highest BCUT2D eigenvalue weighted by Crippen LogP contribution is 2.42. The van der Waals surface area contributed by atoms with Gasteiger partial charge < -0.3 is 20.5 Å². The van der Waals surface area contributed by atoms with Crippen molar-refractivity contribution in [2.75, 3.05) is 20.8 Å². The van der Waals surface area contributed by atoms with E-state index in [0.717, 1.165) is 24.3 Å². The Morgan fingerprint density at radius 2 is 1.83 bits per heavy atom. The van der Waals surface area contributed by atoms with Crippen LogP contribution in [-0.4, -0.2) is 32.8 Å². The van der Waals surface area contributed by atoms with Crippen LogP contribution in [0.2, 0.25) is 0 Å². The van der Waals surface area contributed by atoms with Crippen LogP contribution in [0.4, 0.5) is 0 Å². The molecule has 3 N–H and O–H groups in total. The first kappa shape index (κ1) is 18.4. The number of rotatable bonds is 6. The molecule has 1 fully saturated rings. The number of nitrogens with two attached hydrogens (primary N) is 1. The summed E-state index contributed by atoms with van der Waals surface area (Å²) in [5.41, 5.74) is 7.32. The van der Waals surface area contributed by atoms with Crippen molar-refractivity contribution in [1.29, 1.82) is 0 Å². The minimum atomic E-state index is 0.0289. The van der Waals surface area contributed by atoms with Gasteiger partial charge >= 0.3 is 0 Å². The third kappa shape index (κ3) is 4.34. The van der Waals surface area contributed by atoms with Crippen molar-refractivity contribution >= 4 is 5.96 Å². The Morgan fingerprint density at radius 3 is 2.42 bits per heavy atom. The van der Waals surface area contributed by atoms with Gasteiger partial charge in [-0.25, -0.2) is 0 Å². The van der Waals surface area contributed by atoms with Gasteiger partial charge in [0, 0.05) is 11.5 Å². The molecule has 0 atom stereocenters. The lowest BCUT2D eigenvalue weighted by Crippen LogP contribution is -2.39. The number of methoxy groups -OCH3 is 2. The quantitative estimate of drug-likeness (QED) is 0.619. The summed E-state index contributed by atoms with van der Waals surface area (Å²) < 4.78 is 10.9. The molecule has 24 heavy (non-hydrogen) atoms. The summed E-state index contributed by atoms with van der Waals surface area (Å²) in [6.07, 6.45) is 5.99. The summed E-state index contributed by atoms with van der Waals surface area (Å²) in [4.78, 5) is 4.65. The molecule has 1 aliphatic rings. The normalized spacial score (nSPS) is 17.6. The third-order valence-electron chi connectivity index (χ3n) is 4.80. The van der Waals surface area contributed by atoms with Crippen molar-refractivity contribution in [1.82, 2.24) is 5.32 Å². The number of nitrogens with zero attached hydrogens (tertiary/aromatic N) is 1. The number of aliphatic imine (C=N–C) groups is 1. The molecule has 0 saturated heterocycles. The fourth-order valence-corrected chi connectivity index (χ4v) is 3.51. The molecule has 0 radical (unpaired) electrons. The maximum Gasteiger partial charge on any atom is 0.188 e. The van der Waals surface area contributed by atoms with E-state index in [9.17, 15) is 0 Å². The number of nitrogens with one attached hydrogen (secondary N) is 1. The first-order valence-electron chi connectivity index (χ1n) is 8.80. The lowest BCUT2D eigenvalue weighted by atomic mass is 9.69. The van der Waals surface area contributed by atoms with Crippen LogP contribution in [0.5, 0.6) is 11.5 Å². The van der Waals surface area contributed by atoms with Crippen LogP contribution >= 0.6 is 0 Å². The van der Waals surface area contributed by atoms with Gasteiger partial charge in [0.2, 0.25) is 0 Å². The summed E-state index contributed by atoms with van der Waals surface area (Å²) >= 11 is 0. The van der Waals surface area contributed by atoms with Crippen molar-refractivity contribution in [2.24, 2.45) is 10.7 Å². The number of hydrogen-bond acceptors (Lipinski definition) is 3. The Kier molecular flexibility index (Phi) is 6.35. The summed E-state index contributed by atoms with van der Waals surface area (Å²) in [7, 11) is 3.34. The van der Waals surface area contributed by atoms with Crippen LogP contribution < -0.4 is 20.5 Å². The van der Waals surface area contributed by atoms with Gasteiger partial charge in [-0.1, -0.05) is 25.3 Å². The van der Waals surface area contributed by atoms with Crippen LogP contribution in [0.25, 0.3) is 0 Å². The van der Waals surface area contributed by atoms with Gasteiger partial charge in [0.15, 0.2) is 17.5 Å². The zero-order valence-electron chi connectivity index (χ0n) is 15.4. The molecular formula is C19H31N3O2. The number of benzene rings is 1. The van der Waals surface area contributed by atoms with E-state index in [-0.39, 0.29) is 11.5 Å². The predicted molar refractivity (Wildman–Crippen MR) is 99.1 cm³/mol. The average molecular weight is 333 g/mol. The van der Waals surface area contributed by atoms with E-state index in [1.807, 2.05) is 6.07 Å². The van der Waals surface area contributed by atoms with Crippen LogP contribution in [0.3, 0.4) is 0 Å². The third-order valence-corrected chi connectivity index (χ3v) is 4.80. The minimum absolute atomic E-state index is 0.0289. The van der Waals surface area contributed by atoms with Gasteiger partial charge in [-0.3, -0.25) is 4.99 Å². The molecular weight excluding hydrogens is 302 g/mol. The fraction of sp³-hybridized carbons (Fsp3) is 0.632. The SMILES string of the molecule is COc1ccc(C2(CN=C(N)NC(C)C)CCCCC2)cc1OC. The van der Waals surface area contributed by atoms with Crippen molar-refractivity contribution in [3.8, 4) is 11.5 Å². The molecule has 5 heteroatoms. The predicted octanol–water partition coefficient (Wildman–Crippen LogP) is 3.22. The Bertz CT molecular complexity index is 564. The van der Waals surface area contributed by atoms with Crippen LogP contribution in [0.15, 0.2) is 23.2 Å². The molecule has 0 aromatic heterocycles. The molecule has 0 unspecified atom stereocenters. The Labute approximate surface area is 145 Å². The van der Waals surface area contributed by atoms with E-state index in [2.05, 4.69) is 36.3 Å². The van der Waals surface area contributed by atoms with Crippen LogP contribution in [-0.2, 0) is 5.41 Å². The van der Waals surface area contributed by atoms with Crippen molar-refractivity contribution < 1.29 is 9.47 Å². The first-order chi connectivity index (χ1) is 11.5. The molecule has 2 rings (SSSR count). The Morgan fingerprint density at radius 1 is 1.17 bits per heavy atom. The van der Waals surface area contributed by atoms with E-state index in [1.165, 1.54) is 24.8 Å². The smallest absolute Gasteiger partial charge is 0.188 e. The van der Waals surface area contributed by atoms with E-state index in [0.29, 0.717) is 12.5 Å². The minimum Gasteiger partial charge on any atom is -0.493 e. The zero-order valence-corrected chi connectivity index (χ0v) is 15.4. The van der Waals surface area contributed by atoms with Crippen molar-refractivity contribution in [2.45, 2.75) is 57.4 Å². The molecule has 0 bridgehead atoms. The Hall–Kier alpha value is -1.91. The molecule has 5 nitrogen and oxygen atoms in total. The fourth-order valence-electron chi connectivity index (χ4n) is 3.51. The first-order valence-corrected chi connectivity index (χ1v) is 8.80. The lowest BCUT2D eigenvalue weighted by molar-refractivity contribution is 0.298. The van der Waals surface area contributed by atoms with E-state index in [1.54, 1.807) is 14.2 Å². The molecule has 0 heterocycles. The molecule has 1 saturated carbocycles. The van der Waals surface area contributed by atoms with E-state index < -0.39 is 0 Å². The Balaban J connectivity index is 2.30. The molecule has 0 aliphatic heterocycles. The summed E-state index contributed by atoms with van der Waals surface area (Å²) in [5.74, 6) is 2.06. The van der Waals surface area contributed by atoms with E-state index in [4.69, 9.17) is 15.2 Å². The highest BCUT2D eigenvalue weighted by atomic mass is 16.5.